The third kappa shape index (κ3) is 6.52. The number of nitrogens with zero attached hydrogens (tertiary/aromatic N) is 2. The highest BCUT2D eigenvalue weighted by Gasteiger charge is 2.20. The summed E-state index contributed by atoms with van der Waals surface area (Å²) in [6.45, 7) is -0.841. The van der Waals surface area contributed by atoms with E-state index in [-0.39, 0.29) is 24.3 Å². The van der Waals surface area contributed by atoms with Gasteiger partial charge < -0.3 is 20.1 Å². The second-order valence-electron chi connectivity index (χ2n) is 5.76. The van der Waals surface area contributed by atoms with Gasteiger partial charge in [-0.1, -0.05) is 29.8 Å². The number of hydrogen-bond donors (Lipinski definition) is 1. The number of ether oxygens (including phenoxy) is 2. The Balaban J connectivity index is 2.08. The number of hydrogen-bond acceptors (Lipinski definition) is 6. The molecular weight excluding hydrogens is 398 g/mol. The van der Waals surface area contributed by atoms with Crippen molar-refractivity contribution in [2.24, 2.45) is 5.73 Å². The molecule has 0 heterocycles. The molecule has 0 radical (unpaired) electrons. The quantitative estimate of drug-likeness (QED) is 0.627. The van der Waals surface area contributed by atoms with E-state index in [1.54, 1.807) is 36.4 Å². The zero-order valence-corrected chi connectivity index (χ0v) is 16.1. The molecule has 0 atom stereocenters. The molecule has 0 aromatic heterocycles. The SMILES string of the molecule is N#CCCN(C(=O)COC(=O)c1ccccc1OCC(N)=O)c1cccc(Cl)c1. The summed E-state index contributed by atoms with van der Waals surface area (Å²) in [4.78, 5) is 37.2. The van der Waals surface area contributed by atoms with Crippen LogP contribution in [-0.4, -0.2) is 37.5 Å². The molecule has 0 saturated heterocycles. The zero-order chi connectivity index (χ0) is 21.2. The van der Waals surface area contributed by atoms with E-state index in [9.17, 15) is 14.4 Å². The smallest absolute Gasteiger partial charge is 0.342 e. The van der Waals surface area contributed by atoms with Crippen molar-refractivity contribution in [2.45, 2.75) is 6.42 Å². The van der Waals surface area contributed by atoms with Crippen molar-refractivity contribution in [3.8, 4) is 11.8 Å². The highest BCUT2D eigenvalue weighted by molar-refractivity contribution is 6.30. The van der Waals surface area contributed by atoms with E-state index in [4.69, 9.17) is 32.1 Å². The van der Waals surface area contributed by atoms with E-state index in [2.05, 4.69) is 0 Å². The Morgan fingerprint density at radius 2 is 1.86 bits per heavy atom. The van der Waals surface area contributed by atoms with Crippen molar-refractivity contribution in [3.63, 3.8) is 0 Å². The van der Waals surface area contributed by atoms with Gasteiger partial charge in [0.15, 0.2) is 13.2 Å². The van der Waals surface area contributed by atoms with Gasteiger partial charge in [-0.3, -0.25) is 9.59 Å². The maximum atomic E-state index is 12.6. The average Bonchev–Trinajstić information content (AvgIpc) is 2.71. The zero-order valence-electron chi connectivity index (χ0n) is 15.3. The van der Waals surface area contributed by atoms with Crippen LogP contribution in [0.1, 0.15) is 16.8 Å². The highest BCUT2D eigenvalue weighted by atomic mass is 35.5. The monoisotopic (exact) mass is 415 g/mol. The molecule has 2 rings (SSSR count). The number of para-hydroxylation sites is 1. The molecule has 2 aromatic rings. The van der Waals surface area contributed by atoms with Crippen LogP contribution in [0.5, 0.6) is 5.75 Å². The van der Waals surface area contributed by atoms with Crippen LogP contribution in [-0.2, 0) is 14.3 Å². The lowest BCUT2D eigenvalue weighted by Crippen LogP contribution is -2.35. The summed E-state index contributed by atoms with van der Waals surface area (Å²) in [5, 5.41) is 9.26. The Morgan fingerprint density at radius 3 is 2.55 bits per heavy atom. The molecule has 0 spiro atoms. The van der Waals surface area contributed by atoms with Gasteiger partial charge in [0.1, 0.15) is 11.3 Å². The van der Waals surface area contributed by atoms with Gasteiger partial charge in [0.2, 0.25) is 0 Å². The van der Waals surface area contributed by atoms with Gasteiger partial charge in [0, 0.05) is 17.3 Å². The van der Waals surface area contributed by atoms with Crippen LogP contribution < -0.4 is 15.4 Å². The molecule has 0 aliphatic heterocycles. The van der Waals surface area contributed by atoms with Crippen molar-refractivity contribution >= 4 is 35.1 Å². The van der Waals surface area contributed by atoms with Crippen molar-refractivity contribution in [1.29, 1.82) is 5.26 Å². The molecular formula is C20H18ClN3O5. The van der Waals surface area contributed by atoms with Crippen LogP contribution in [0.15, 0.2) is 48.5 Å². The van der Waals surface area contributed by atoms with Gasteiger partial charge in [-0.15, -0.1) is 0 Å². The largest absolute Gasteiger partial charge is 0.483 e. The number of carbonyl (C=O) groups excluding carboxylic acids is 3. The van der Waals surface area contributed by atoms with Gasteiger partial charge in [0.25, 0.3) is 11.8 Å². The first kappa shape index (κ1) is 21.7. The lowest BCUT2D eigenvalue weighted by atomic mass is 10.2. The first-order valence-electron chi connectivity index (χ1n) is 8.52. The van der Waals surface area contributed by atoms with E-state index in [0.29, 0.717) is 10.7 Å². The molecule has 0 aliphatic carbocycles. The molecule has 0 saturated carbocycles. The molecule has 29 heavy (non-hydrogen) atoms. The standard InChI is InChI=1S/C20H18ClN3O5/c21-14-5-3-6-15(11-14)24(10-4-9-22)19(26)13-29-20(27)16-7-1-2-8-17(16)28-12-18(23)25/h1-3,5-8,11H,4,10,12-13H2,(H2,23,25). The average molecular weight is 416 g/mol. The molecule has 150 valence electrons. The number of benzene rings is 2. The third-order valence-corrected chi connectivity index (χ3v) is 3.91. The first-order valence-corrected chi connectivity index (χ1v) is 8.90. The first-order chi connectivity index (χ1) is 13.9. The Bertz CT molecular complexity index is 942. The van der Waals surface area contributed by atoms with Gasteiger partial charge >= 0.3 is 5.97 Å². The number of halogens is 1. The fourth-order valence-corrected chi connectivity index (χ4v) is 2.58. The summed E-state index contributed by atoms with van der Waals surface area (Å²) in [6, 6.07) is 14.6. The van der Waals surface area contributed by atoms with Crippen LogP contribution in [0.3, 0.4) is 0 Å². The number of nitriles is 1. The number of nitrogens with two attached hydrogens (primary N) is 1. The lowest BCUT2D eigenvalue weighted by molar-refractivity contribution is -0.121. The van der Waals surface area contributed by atoms with E-state index < -0.39 is 31.0 Å². The fraction of sp³-hybridized carbons (Fsp3) is 0.200. The normalized spacial score (nSPS) is 9.93. The molecule has 9 heteroatoms. The van der Waals surface area contributed by atoms with Gasteiger partial charge in [-0.25, -0.2) is 4.79 Å². The highest BCUT2D eigenvalue weighted by Crippen LogP contribution is 2.21. The number of rotatable bonds is 9. The van der Waals surface area contributed by atoms with E-state index in [1.807, 2.05) is 6.07 Å². The maximum Gasteiger partial charge on any atom is 0.342 e. The number of carbonyl (C=O) groups is 3. The fourth-order valence-electron chi connectivity index (χ4n) is 2.40. The number of primary amides is 1. The van der Waals surface area contributed by atoms with Crippen LogP contribution >= 0.6 is 11.6 Å². The number of anilines is 1. The predicted octanol–water partition coefficient (Wildman–Crippen LogP) is 2.31. The summed E-state index contributed by atoms with van der Waals surface area (Å²) in [6.07, 6.45) is 0.0932. The van der Waals surface area contributed by atoms with E-state index in [0.717, 1.165) is 0 Å². The minimum absolute atomic E-state index is 0.0490. The van der Waals surface area contributed by atoms with Gasteiger partial charge in [0.05, 0.1) is 12.5 Å². The maximum absolute atomic E-state index is 12.6. The summed E-state index contributed by atoms with van der Waals surface area (Å²) in [5.74, 6) is -1.91. The Labute approximate surface area is 172 Å². The van der Waals surface area contributed by atoms with E-state index in [1.165, 1.54) is 17.0 Å². The van der Waals surface area contributed by atoms with Gasteiger partial charge in [-0.05, 0) is 30.3 Å². The molecule has 0 bridgehead atoms. The van der Waals surface area contributed by atoms with Crippen LogP contribution in [0.2, 0.25) is 5.02 Å². The Morgan fingerprint density at radius 1 is 1.10 bits per heavy atom. The number of amides is 2. The predicted molar refractivity (Wildman–Crippen MR) is 105 cm³/mol. The second-order valence-corrected chi connectivity index (χ2v) is 6.20. The molecule has 0 aliphatic rings. The van der Waals surface area contributed by atoms with Crippen molar-refractivity contribution in [1.82, 2.24) is 0 Å². The minimum Gasteiger partial charge on any atom is -0.483 e. The van der Waals surface area contributed by atoms with E-state index >= 15 is 0 Å². The third-order valence-electron chi connectivity index (χ3n) is 3.67. The molecule has 2 N–H and O–H groups in total. The Hall–Kier alpha value is -3.57. The van der Waals surface area contributed by atoms with Crippen LogP contribution in [0.25, 0.3) is 0 Å². The Kier molecular flexibility index (Phi) is 8.00. The van der Waals surface area contributed by atoms with Crippen molar-refractivity contribution in [2.75, 3.05) is 24.7 Å². The van der Waals surface area contributed by atoms with Crippen LogP contribution in [0, 0.1) is 11.3 Å². The second kappa shape index (κ2) is 10.7. The molecule has 2 amide bonds. The minimum atomic E-state index is -0.801. The van der Waals surface area contributed by atoms with Gasteiger partial charge in [-0.2, -0.15) is 5.26 Å². The van der Waals surface area contributed by atoms with Crippen molar-refractivity contribution in [3.05, 3.63) is 59.1 Å². The summed E-state index contributed by atoms with van der Waals surface area (Å²) < 4.78 is 10.3. The number of esters is 1. The topological polar surface area (TPSA) is 123 Å². The molecule has 0 unspecified atom stereocenters. The summed E-state index contributed by atoms with van der Waals surface area (Å²) in [7, 11) is 0. The molecule has 2 aromatic carbocycles. The summed E-state index contributed by atoms with van der Waals surface area (Å²) >= 11 is 5.97. The molecule has 0 fully saturated rings. The molecule has 8 nitrogen and oxygen atoms in total. The lowest BCUT2D eigenvalue weighted by Gasteiger charge is -2.22. The van der Waals surface area contributed by atoms with Crippen molar-refractivity contribution < 1.29 is 23.9 Å². The van der Waals surface area contributed by atoms with Crippen LogP contribution in [0.4, 0.5) is 5.69 Å². The summed E-state index contributed by atoms with van der Waals surface area (Å²) in [5.41, 5.74) is 5.58.